The van der Waals surface area contributed by atoms with Crippen molar-refractivity contribution < 1.29 is 9.26 Å². The molecule has 0 saturated carbocycles. The molecule has 1 fully saturated rings. The highest BCUT2D eigenvalue weighted by Gasteiger charge is 2.27. The third-order valence-electron chi connectivity index (χ3n) is 2.91. The Kier molecular flexibility index (Phi) is 3.90. The van der Waals surface area contributed by atoms with Gasteiger partial charge in [0.2, 0.25) is 6.39 Å². The minimum absolute atomic E-state index is 0.159. The van der Waals surface area contributed by atoms with Gasteiger partial charge in [-0.25, -0.2) is 0 Å². The molecule has 5 nitrogen and oxygen atoms in total. The monoisotopic (exact) mass is 225 g/mol. The van der Waals surface area contributed by atoms with Crippen molar-refractivity contribution in [2.45, 2.75) is 26.3 Å². The number of nitrogens with zero attached hydrogens (tertiary/aromatic N) is 3. The molecule has 0 spiro atoms. The Balaban J connectivity index is 1.97. The predicted molar refractivity (Wildman–Crippen MR) is 58.9 cm³/mol. The predicted octanol–water partition coefficient (Wildman–Crippen LogP) is 1.49. The van der Waals surface area contributed by atoms with E-state index in [4.69, 9.17) is 9.26 Å². The normalized spacial score (nSPS) is 22.8. The van der Waals surface area contributed by atoms with Gasteiger partial charge >= 0.3 is 0 Å². The van der Waals surface area contributed by atoms with Crippen LogP contribution < -0.4 is 0 Å². The standard InChI is InChI=1S/C11H19N3O2/c1-9(2)3-4-14-5-6-15-7-10(14)11-12-8-16-13-11/h8-10H,3-7H2,1-2H3. The number of aromatic nitrogens is 2. The third kappa shape index (κ3) is 2.80. The van der Waals surface area contributed by atoms with E-state index in [1.54, 1.807) is 0 Å². The molecule has 1 aliphatic rings. The first-order valence-corrected chi connectivity index (χ1v) is 5.85. The molecule has 1 aliphatic heterocycles. The van der Waals surface area contributed by atoms with E-state index in [1.165, 1.54) is 12.8 Å². The largest absolute Gasteiger partial charge is 0.378 e. The second-order valence-corrected chi connectivity index (χ2v) is 4.60. The molecule has 0 bridgehead atoms. The minimum atomic E-state index is 0.159. The second kappa shape index (κ2) is 5.41. The Morgan fingerprint density at radius 3 is 3.12 bits per heavy atom. The van der Waals surface area contributed by atoms with Crippen molar-refractivity contribution in [2.24, 2.45) is 5.92 Å². The molecule has 2 rings (SSSR count). The topological polar surface area (TPSA) is 51.4 Å². The molecular formula is C11H19N3O2. The first kappa shape index (κ1) is 11.5. The van der Waals surface area contributed by atoms with Crippen LogP contribution in [0.15, 0.2) is 10.9 Å². The Labute approximate surface area is 95.8 Å². The first-order chi connectivity index (χ1) is 7.77. The van der Waals surface area contributed by atoms with Gasteiger partial charge in [-0.05, 0) is 18.9 Å². The fourth-order valence-corrected chi connectivity index (χ4v) is 1.89. The van der Waals surface area contributed by atoms with Gasteiger partial charge in [-0.1, -0.05) is 19.0 Å². The molecule has 0 amide bonds. The van der Waals surface area contributed by atoms with E-state index in [-0.39, 0.29) is 6.04 Å². The van der Waals surface area contributed by atoms with Crippen molar-refractivity contribution in [1.29, 1.82) is 0 Å². The highest BCUT2D eigenvalue weighted by Crippen LogP contribution is 2.21. The molecule has 1 atom stereocenters. The van der Waals surface area contributed by atoms with Crippen LogP contribution in [0.5, 0.6) is 0 Å². The van der Waals surface area contributed by atoms with Crippen LogP contribution in [0.2, 0.25) is 0 Å². The van der Waals surface area contributed by atoms with E-state index in [9.17, 15) is 0 Å². The summed E-state index contributed by atoms with van der Waals surface area (Å²) in [7, 11) is 0. The summed E-state index contributed by atoms with van der Waals surface area (Å²) < 4.78 is 10.3. The average Bonchev–Trinajstić information content (AvgIpc) is 2.80. The molecule has 90 valence electrons. The van der Waals surface area contributed by atoms with Crippen LogP contribution >= 0.6 is 0 Å². The number of ether oxygens (including phenoxy) is 1. The van der Waals surface area contributed by atoms with Crippen LogP contribution in [0.4, 0.5) is 0 Å². The van der Waals surface area contributed by atoms with E-state index in [0.29, 0.717) is 12.5 Å². The molecule has 0 radical (unpaired) electrons. The van der Waals surface area contributed by atoms with Crippen LogP contribution in [-0.4, -0.2) is 41.3 Å². The SMILES string of the molecule is CC(C)CCN1CCOCC1c1ncon1. The van der Waals surface area contributed by atoms with E-state index >= 15 is 0 Å². The van der Waals surface area contributed by atoms with Crippen LogP contribution in [0.1, 0.15) is 32.1 Å². The molecule has 16 heavy (non-hydrogen) atoms. The molecule has 0 aliphatic carbocycles. The van der Waals surface area contributed by atoms with Crippen molar-refractivity contribution in [3.8, 4) is 0 Å². The quantitative estimate of drug-likeness (QED) is 0.777. The van der Waals surface area contributed by atoms with Crippen LogP contribution in [0, 0.1) is 5.92 Å². The maximum Gasteiger partial charge on any atom is 0.213 e. The molecule has 2 heterocycles. The van der Waals surface area contributed by atoms with E-state index in [1.807, 2.05) is 0 Å². The van der Waals surface area contributed by atoms with Gasteiger partial charge in [0, 0.05) is 6.54 Å². The number of rotatable bonds is 4. The maximum absolute atomic E-state index is 5.48. The lowest BCUT2D eigenvalue weighted by Gasteiger charge is -2.33. The highest BCUT2D eigenvalue weighted by molar-refractivity contribution is 4.93. The summed E-state index contributed by atoms with van der Waals surface area (Å²) in [5.74, 6) is 1.46. The molecule has 1 saturated heterocycles. The molecule has 1 aromatic heterocycles. The molecule has 5 heteroatoms. The lowest BCUT2D eigenvalue weighted by Crippen LogP contribution is -2.40. The summed E-state index contributed by atoms with van der Waals surface area (Å²) in [4.78, 5) is 6.50. The molecule has 0 N–H and O–H groups in total. The zero-order valence-electron chi connectivity index (χ0n) is 9.93. The maximum atomic E-state index is 5.48. The lowest BCUT2D eigenvalue weighted by molar-refractivity contribution is -0.0141. The minimum Gasteiger partial charge on any atom is -0.378 e. The van der Waals surface area contributed by atoms with Crippen molar-refractivity contribution in [3.05, 3.63) is 12.2 Å². The first-order valence-electron chi connectivity index (χ1n) is 5.85. The zero-order chi connectivity index (χ0) is 11.4. The van der Waals surface area contributed by atoms with Crippen molar-refractivity contribution >= 4 is 0 Å². The zero-order valence-corrected chi connectivity index (χ0v) is 9.93. The van der Waals surface area contributed by atoms with Gasteiger partial charge in [0.25, 0.3) is 0 Å². The molecule has 0 aromatic carbocycles. The summed E-state index contributed by atoms with van der Waals surface area (Å²) in [6, 6.07) is 0.159. The fraction of sp³-hybridized carbons (Fsp3) is 0.818. The van der Waals surface area contributed by atoms with Gasteiger partial charge in [-0.2, -0.15) is 4.98 Å². The Morgan fingerprint density at radius 1 is 1.56 bits per heavy atom. The van der Waals surface area contributed by atoms with Gasteiger partial charge in [-0.3, -0.25) is 4.90 Å². The van der Waals surface area contributed by atoms with E-state index in [0.717, 1.165) is 25.5 Å². The summed E-state index contributed by atoms with van der Waals surface area (Å²) in [5, 5.41) is 3.91. The number of hydrogen-bond donors (Lipinski definition) is 0. The average molecular weight is 225 g/mol. The van der Waals surface area contributed by atoms with E-state index < -0.39 is 0 Å². The van der Waals surface area contributed by atoms with Crippen LogP contribution in [-0.2, 0) is 4.74 Å². The van der Waals surface area contributed by atoms with Crippen molar-refractivity contribution in [1.82, 2.24) is 15.0 Å². The van der Waals surface area contributed by atoms with Gasteiger partial charge < -0.3 is 9.26 Å². The lowest BCUT2D eigenvalue weighted by atomic mass is 10.1. The van der Waals surface area contributed by atoms with Crippen molar-refractivity contribution in [2.75, 3.05) is 26.3 Å². The Hall–Kier alpha value is -0.940. The van der Waals surface area contributed by atoms with Gasteiger partial charge in [0.1, 0.15) is 0 Å². The highest BCUT2D eigenvalue weighted by atomic mass is 16.5. The third-order valence-corrected chi connectivity index (χ3v) is 2.91. The summed E-state index contributed by atoms with van der Waals surface area (Å²) in [6.45, 7) is 7.96. The summed E-state index contributed by atoms with van der Waals surface area (Å²) >= 11 is 0. The Morgan fingerprint density at radius 2 is 2.44 bits per heavy atom. The fourth-order valence-electron chi connectivity index (χ4n) is 1.89. The molecular weight excluding hydrogens is 206 g/mol. The number of morpholine rings is 1. The van der Waals surface area contributed by atoms with Crippen LogP contribution in [0.3, 0.4) is 0 Å². The Bertz CT molecular complexity index is 300. The number of hydrogen-bond acceptors (Lipinski definition) is 5. The van der Waals surface area contributed by atoms with Crippen LogP contribution in [0.25, 0.3) is 0 Å². The molecule has 1 aromatic rings. The second-order valence-electron chi connectivity index (χ2n) is 4.60. The molecule has 1 unspecified atom stereocenters. The van der Waals surface area contributed by atoms with Gasteiger partial charge in [-0.15, -0.1) is 0 Å². The van der Waals surface area contributed by atoms with Crippen molar-refractivity contribution in [3.63, 3.8) is 0 Å². The summed E-state index contributed by atoms with van der Waals surface area (Å²) in [6.07, 6.45) is 2.57. The summed E-state index contributed by atoms with van der Waals surface area (Å²) in [5.41, 5.74) is 0. The van der Waals surface area contributed by atoms with Gasteiger partial charge in [0.15, 0.2) is 5.82 Å². The smallest absolute Gasteiger partial charge is 0.213 e. The van der Waals surface area contributed by atoms with Gasteiger partial charge in [0.05, 0.1) is 19.3 Å². The van der Waals surface area contributed by atoms with E-state index in [2.05, 4.69) is 28.9 Å².